The molecule has 94 valence electrons. The molecule has 0 aromatic heterocycles. The van der Waals surface area contributed by atoms with Crippen LogP contribution < -0.4 is 0 Å². The summed E-state index contributed by atoms with van der Waals surface area (Å²) in [5.41, 5.74) is 0. The van der Waals surface area contributed by atoms with E-state index in [0.717, 1.165) is 9.80 Å². The molecule has 0 aromatic carbocycles. The highest BCUT2D eigenvalue weighted by Gasteiger charge is 2.33. The lowest BCUT2D eigenvalue weighted by Crippen LogP contribution is -2.52. The molecule has 0 atom stereocenters. The van der Waals surface area contributed by atoms with Crippen molar-refractivity contribution < 1.29 is 26.7 Å². The zero-order valence-corrected chi connectivity index (χ0v) is 8.31. The normalized spacial score (nSPS) is 19.2. The summed E-state index contributed by atoms with van der Waals surface area (Å²) in [6, 6.07) is 0. The summed E-state index contributed by atoms with van der Waals surface area (Å²) in [5, 5.41) is 0. The van der Waals surface area contributed by atoms with Gasteiger partial charge in [0.15, 0.2) is 0 Å². The molecule has 0 radical (unpaired) electrons. The summed E-state index contributed by atoms with van der Waals surface area (Å²) in [6.07, 6.45) is -7.39. The summed E-state index contributed by atoms with van der Waals surface area (Å²) in [4.78, 5) is 12.8. The van der Waals surface area contributed by atoms with E-state index in [4.69, 9.17) is 0 Å². The number of nitrogens with zero attached hydrogens (tertiary/aromatic N) is 2. The van der Waals surface area contributed by atoms with Gasteiger partial charge in [0.2, 0.25) is 0 Å². The van der Waals surface area contributed by atoms with E-state index in [1.165, 1.54) is 0 Å². The Morgan fingerprint density at radius 2 is 1.62 bits per heavy atom. The second kappa shape index (κ2) is 4.94. The molecule has 0 aliphatic carbocycles. The van der Waals surface area contributed by atoms with Crippen LogP contribution in [0.5, 0.6) is 0 Å². The van der Waals surface area contributed by atoms with Crippen molar-refractivity contribution in [2.24, 2.45) is 0 Å². The van der Waals surface area contributed by atoms with Gasteiger partial charge in [0.05, 0.1) is 6.54 Å². The van der Waals surface area contributed by atoms with Crippen LogP contribution in [0.1, 0.15) is 0 Å². The van der Waals surface area contributed by atoms with Crippen molar-refractivity contribution in [1.29, 1.82) is 0 Å². The molecule has 1 aliphatic rings. The van der Waals surface area contributed by atoms with Crippen LogP contribution in [0.25, 0.3) is 0 Å². The minimum atomic E-state index is -4.30. The van der Waals surface area contributed by atoms with Crippen molar-refractivity contribution in [3.63, 3.8) is 0 Å². The van der Waals surface area contributed by atoms with Crippen LogP contribution in [0.15, 0.2) is 0 Å². The lowest BCUT2D eigenvalue weighted by atomic mass is 10.3. The van der Waals surface area contributed by atoms with E-state index in [0.29, 0.717) is 0 Å². The van der Waals surface area contributed by atoms with Crippen LogP contribution in [0.3, 0.4) is 0 Å². The Morgan fingerprint density at radius 3 is 2.00 bits per heavy atom. The molecule has 1 heterocycles. The van der Waals surface area contributed by atoms with Crippen molar-refractivity contribution in [2.45, 2.75) is 12.6 Å². The molecule has 1 amide bonds. The molecule has 0 saturated carbocycles. The third kappa shape index (κ3) is 3.92. The summed E-state index contributed by atoms with van der Waals surface area (Å²) < 4.78 is 59.9. The molecule has 0 aromatic rings. The van der Waals surface area contributed by atoms with Crippen LogP contribution in [-0.4, -0.2) is 61.0 Å². The number of halogens is 5. The average Bonchev–Trinajstić information content (AvgIpc) is 2.15. The fourth-order valence-electron chi connectivity index (χ4n) is 1.52. The van der Waals surface area contributed by atoms with Gasteiger partial charge in [-0.25, -0.2) is 0 Å². The first-order valence-electron chi connectivity index (χ1n) is 4.65. The minimum absolute atomic E-state index is 0.0298. The van der Waals surface area contributed by atoms with E-state index < -0.39 is 25.1 Å². The second-order valence-corrected chi connectivity index (χ2v) is 3.52. The van der Waals surface area contributed by atoms with Gasteiger partial charge in [-0.2, -0.15) is 22.0 Å². The van der Waals surface area contributed by atoms with Crippen LogP contribution in [0, 0.1) is 0 Å². The maximum absolute atomic E-state index is 12.0. The molecule has 1 saturated heterocycles. The Bertz CT molecular complexity index is 247. The van der Waals surface area contributed by atoms with Crippen LogP contribution >= 0.6 is 0 Å². The van der Waals surface area contributed by atoms with Gasteiger partial charge in [-0.3, -0.25) is 9.69 Å². The molecule has 0 spiro atoms. The largest absolute Gasteiger partial charge is 0.401 e. The lowest BCUT2D eigenvalue weighted by molar-refractivity contribution is -0.155. The first-order chi connectivity index (χ1) is 7.29. The van der Waals surface area contributed by atoms with Gasteiger partial charge < -0.3 is 4.90 Å². The molecule has 3 nitrogen and oxygen atoms in total. The highest BCUT2D eigenvalue weighted by Crippen LogP contribution is 2.17. The molecule has 0 bridgehead atoms. The summed E-state index contributed by atoms with van der Waals surface area (Å²) >= 11 is 0. The van der Waals surface area contributed by atoms with Gasteiger partial charge in [-0.1, -0.05) is 0 Å². The molecule has 8 heteroatoms. The van der Waals surface area contributed by atoms with E-state index in [1.54, 1.807) is 0 Å². The maximum Gasteiger partial charge on any atom is 0.401 e. The standard InChI is InChI=1S/C8H11F5N2O/c9-6(10)7(16)15-3-1-14(2-4-15)5-8(11,12)13/h6H,1-5H2. The molecule has 1 rings (SSSR count). The topological polar surface area (TPSA) is 23.6 Å². The summed E-state index contributed by atoms with van der Waals surface area (Å²) in [6.45, 7) is -1.29. The Balaban J connectivity index is 2.37. The van der Waals surface area contributed by atoms with Crippen molar-refractivity contribution in [3.8, 4) is 0 Å². The Morgan fingerprint density at radius 1 is 1.12 bits per heavy atom. The SMILES string of the molecule is O=C(C(F)F)N1CCN(CC(F)(F)F)CC1. The summed E-state index contributed by atoms with van der Waals surface area (Å²) in [5.74, 6) is -1.31. The maximum atomic E-state index is 12.0. The molecular formula is C8H11F5N2O. The zero-order chi connectivity index (χ0) is 12.3. The van der Waals surface area contributed by atoms with E-state index in [2.05, 4.69) is 0 Å². The highest BCUT2D eigenvalue weighted by atomic mass is 19.4. The van der Waals surface area contributed by atoms with Crippen LogP contribution in [0.4, 0.5) is 22.0 Å². The highest BCUT2D eigenvalue weighted by molar-refractivity contribution is 5.79. The number of rotatable bonds is 2. The molecule has 16 heavy (non-hydrogen) atoms. The van der Waals surface area contributed by atoms with Gasteiger partial charge in [-0.05, 0) is 0 Å². The number of piperazine rings is 1. The number of alkyl halides is 5. The van der Waals surface area contributed by atoms with Gasteiger partial charge in [0.25, 0.3) is 5.91 Å². The minimum Gasteiger partial charge on any atom is -0.335 e. The van der Waals surface area contributed by atoms with E-state index in [1.807, 2.05) is 0 Å². The van der Waals surface area contributed by atoms with Crippen LogP contribution in [-0.2, 0) is 4.79 Å². The smallest absolute Gasteiger partial charge is 0.335 e. The summed E-state index contributed by atoms with van der Waals surface area (Å²) in [7, 11) is 0. The fourth-order valence-corrected chi connectivity index (χ4v) is 1.52. The molecule has 0 N–H and O–H groups in total. The van der Waals surface area contributed by atoms with Gasteiger partial charge in [-0.15, -0.1) is 0 Å². The predicted molar refractivity (Wildman–Crippen MR) is 45.1 cm³/mol. The Kier molecular flexibility index (Phi) is 4.06. The lowest BCUT2D eigenvalue weighted by Gasteiger charge is -2.34. The number of hydrogen-bond acceptors (Lipinski definition) is 2. The number of amides is 1. The Hall–Kier alpha value is -0.920. The third-order valence-corrected chi connectivity index (χ3v) is 2.27. The van der Waals surface area contributed by atoms with Crippen LogP contribution in [0.2, 0.25) is 0 Å². The van der Waals surface area contributed by atoms with E-state index in [-0.39, 0.29) is 26.2 Å². The number of hydrogen-bond donors (Lipinski definition) is 0. The first kappa shape index (κ1) is 13.1. The average molecular weight is 246 g/mol. The quantitative estimate of drug-likeness (QED) is 0.677. The van der Waals surface area contributed by atoms with Crippen molar-refractivity contribution in [3.05, 3.63) is 0 Å². The van der Waals surface area contributed by atoms with Crippen molar-refractivity contribution in [1.82, 2.24) is 9.80 Å². The van der Waals surface area contributed by atoms with E-state index >= 15 is 0 Å². The van der Waals surface area contributed by atoms with Crippen molar-refractivity contribution in [2.75, 3.05) is 32.7 Å². The van der Waals surface area contributed by atoms with Crippen molar-refractivity contribution >= 4 is 5.91 Å². The molecule has 0 unspecified atom stereocenters. The Labute approximate surface area is 88.8 Å². The first-order valence-corrected chi connectivity index (χ1v) is 4.65. The molecule has 1 fully saturated rings. The monoisotopic (exact) mass is 246 g/mol. The fraction of sp³-hybridized carbons (Fsp3) is 0.875. The second-order valence-electron chi connectivity index (χ2n) is 3.52. The predicted octanol–water partition coefficient (Wildman–Crippen LogP) is 0.958. The zero-order valence-electron chi connectivity index (χ0n) is 8.31. The van der Waals surface area contributed by atoms with E-state index in [9.17, 15) is 26.7 Å². The number of carbonyl (C=O) groups excluding carboxylic acids is 1. The third-order valence-electron chi connectivity index (χ3n) is 2.27. The molecular weight excluding hydrogens is 235 g/mol. The number of carbonyl (C=O) groups is 1. The van der Waals surface area contributed by atoms with Gasteiger partial charge >= 0.3 is 12.6 Å². The van der Waals surface area contributed by atoms with Gasteiger partial charge in [0.1, 0.15) is 0 Å². The van der Waals surface area contributed by atoms with Gasteiger partial charge in [0, 0.05) is 26.2 Å². The molecule has 1 aliphatic heterocycles.